The molecule has 0 radical (unpaired) electrons. The van der Waals surface area contributed by atoms with Crippen LogP contribution in [0.25, 0.3) is 11.4 Å². The van der Waals surface area contributed by atoms with Crippen molar-refractivity contribution in [3.63, 3.8) is 0 Å². The summed E-state index contributed by atoms with van der Waals surface area (Å²) < 4.78 is 8.02. The van der Waals surface area contributed by atoms with Crippen LogP contribution in [0.1, 0.15) is 6.42 Å². The lowest BCUT2D eigenvalue weighted by Crippen LogP contribution is -2.17. The summed E-state index contributed by atoms with van der Waals surface area (Å²) in [6.07, 6.45) is 3.87. The van der Waals surface area contributed by atoms with Crippen molar-refractivity contribution in [1.82, 2.24) is 24.5 Å². The zero-order valence-electron chi connectivity index (χ0n) is 10.7. The fourth-order valence-electron chi connectivity index (χ4n) is 2.00. The minimum absolute atomic E-state index is 0.442. The van der Waals surface area contributed by atoms with E-state index >= 15 is 0 Å². The quantitative estimate of drug-likeness (QED) is 0.696. The van der Waals surface area contributed by atoms with Crippen LogP contribution in [0, 0.1) is 0 Å². The third-order valence-corrected chi connectivity index (χ3v) is 2.95. The third kappa shape index (κ3) is 2.51. The van der Waals surface area contributed by atoms with E-state index in [2.05, 4.69) is 15.2 Å². The van der Waals surface area contributed by atoms with Gasteiger partial charge in [0.1, 0.15) is 12.7 Å². The smallest absolute Gasteiger partial charge is 0.295 e. The zero-order valence-corrected chi connectivity index (χ0v) is 10.7. The summed E-state index contributed by atoms with van der Waals surface area (Å²) in [4.78, 5) is 15.6. The Morgan fingerprint density at radius 3 is 2.75 bits per heavy atom. The summed E-state index contributed by atoms with van der Waals surface area (Å²) in [6, 6.07) is 9.50. The second-order valence-corrected chi connectivity index (χ2v) is 4.30. The fourth-order valence-corrected chi connectivity index (χ4v) is 2.00. The first-order chi connectivity index (χ1) is 9.84. The fraction of sp³-hybridized carbons (Fsp3) is 0.231. The lowest BCUT2D eigenvalue weighted by Gasteiger charge is -2.04. The summed E-state index contributed by atoms with van der Waals surface area (Å²) in [5.41, 5.74) is 0.860. The zero-order chi connectivity index (χ0) is 13.8. The first-order valence-corrected chi connectivity index (χ1v) is 6.29. The second kappa shape index (κ2) is 5.52. The van der Waals surface area contributed by atoms with Gasteiger partial charge in [0.05, 0.1) is 0 Å². The average Bonchev–Trinajstić information content (AvgIpc) is 3.11. The van der Waals surface area contributed by atoms with Crippen molar-refractivity contribution in [2.24, 2.45) is 0 Å². The van der Waals surface area contributed by atoms with Gasteiger partial charge < -0.3 is 0 Å². The minimum atomic E-state index is -0.442. The van der Waals surface area contributed by atoms with E-state index in [1.54, 1.807) is 11.0 Å². The van der Waals surface area contributed by atoms with Crippen LogP contribution >= 0.6 is 0 Å². The molecule has 2 heterocycles. The molecular weight excluding hydrogens is 258 g/mol. The molecule has 0 aliphatic rings. The van der Waals surface area contributed by atoms with Crippen molar-refractivity contribution in [3.05, 3.63) is 53.5 Å². The van der Waals surface area contributed by atoms with E-state index in [1.165, 1.54) is 10.9 Å². The highest BCUT2D eigenvalue weighted by molar-refractivity contribution is 5.54. The molecule has 0 aliphatic carbocycles. The molecule has 20 heavy (non-hydrogen) atoms. The number of aromatic nitrogens is 5. The Labute approximate surface area is 114 Å². The van der Waals surface area contributed by atoms with E-state index in [1.807, 2.05) is 30.3 Å². The molecule has 0 fully saturated rings. The summed E-state index contributed by atoms with van der Waals surface area (Å²) >= 11 is 0. The van der Waals surface area contributed by atoms with Crippen molar-refractivity contribution in [1.29, 1.82) is 0 Å². The van der Waals surface area contributed by atoms with E-state index in [-0.39, 0.29) is 0 Å². The van der Waals surface area contributed by atoms with Gasteiger partial charge in [0.2, 0.25) is 0 Å². The summed E-state index contributed by atoms with van der Waals surface area (Å²) in [6.45, 7) is 1.21. The van der Waals surface area contributed by atoms with E-state index in [4.69, 9.17) is 4.52 Å². The summed E-state index contributed by atoms with van der Waals surface area (Å²) in [7, 11) is 0. The molecule has 2 aromatic heterocycles. The largest absolute Gasteiger partial charge is 0.441 e. The second-order valence-electron chi connectivity index (χ2n) is 4.30. The molecule has 0 amide bonds. The molecule has 0 saturated heterocycles. The number of aryl methyl sites for hydroxylation is 1. The van der Waals surface area contributed by atoms with Gasteiger partial charge in [-0.3, -0.25) is 13.8 Å². The maximum absolute atomic E-state index is 11.7. The number of rotatable bonds is 5. The third-order valence-electron chi connectivity index (χ3n) is 2.95. The monoisotopic (exact) mass is 271 g/mol. The van der Waals surface area contributed by atoms with Gasteiger partial charge in [-0.2, -0.15) is 5.10 Å². The first-order valence-electron chi connectivity index (χ1n) is 6.29. The molecule has 0 unspecified atom stereocenters. The molecule has 3 aromatic rings. The standard InChI is InChI=1S/C13H13N5O2/c19-13-18(8-4-7-17-10-14-9-15-17)12(16-20-13)11-5-2-1-3-6-11/h1-3,5-6,9-10H,4,7-8H2. The van der Waals surface area contributed by atoms with Crippen LogP contribution in [0.3, 0.4) is 0 Å². The molecule has 102 valence electrons. The van der Waals surface area contributed by atoms with Crippen molar-refractivity contribution >= 4 is 0 Å². The highest BCUT2D eigenvalue weighted by Crippen LogP contribution is 2.15. The highest BCUT2D eigenvalue weighted by Gasteiger charge is 2.11. The Bertz CT molecular complexity index is 715. The van der Waals surface area contributed by atoms with Gasteiger partial charge >= 0.3 is 5.76 Å². The molecule has 1 aromatic carbocycles. The van der Waals surface area contributed by atoms with Gasteiger partial charge in [-0.05, 0) is 6.42 Å². The van der Waals surface area contributed by atoms with Crippen LogP contribution in [0.4, 0.5) is 0 Å². The van der Waals surface area contributed by atoms with Crippen LogP contribution in [0.5, 0.6) is 0 Å². The van der Waals surface area contributed by atoms with Gasteiger partial charge in [0.25, 0.3) is 0 Å². The molecule has 0 aliphatic heterocycles. The molecular formula is C13H13N5O2. The molecule has 0 spiro atoms. The van der Waals surface area contributed by atoms with E-state index in [0.29, 0.717) is 18.9 Å². The maximum atomic E-state index is 11.7. The highest BCUT2D eigenvalue weighted by atomic mass is 16.5. The van der Waals surface area contributed by atoms with Crippen molar-refractivity contribution in [2.45, 2.75) is 19.5 Å². The Morgan fingerprint density at radius 1 is 1.15 bits per heavy atom. The normalized spacial score (nSPS) is 10.8. The number of hydrogen-bond donors (Lipinski definition) is 0. The molecule has 3 rings (SSSR count). The van der Waals surface area contributed by atoms with Crippen LogP contribution in [-0.4, -0.2) is 24.5 Å². The first kappa shape index (κ1) is 12.3. The Kier molecular flexibility index (Phi) is 3.40. The van der Waals surface area contributed by atoms with Gasteiger partial charge in [0.15, 0.2) is 5.82 Å². The molecule has 7 nitrogen and oxygen atoms in total. The maximum Gasteiger partial charge on any atom is 0.441 e. The number of benzene rings is 1. The molecule has 0 saturated carbocycles. The topological polar surface area (TPSA) is 78.7 Å². The Hall–Kier alpha value is -2.70. The average molecular weight is 271 g/mol. The molecule has 0 atom stereocenters. The minimum Gasteiger partial charge on any atom is -0.295 e. The van der Waals surface area contributed by atoms with Crippen LogP contribution in [0.15, 0.2) is 52.3 Å². The summed E-state index contributed by atoms with van der Waals surface area (Å²) in [5, 5.41) is 7.86. The van der Waals surface area contributed by atoms with E-state index in [0.717, 1.165) is 12.0 Å². The Morgan fingerprint density at radius 2 is 2.00 bits per heavy atom. The van der Waals surface area contributed by atoms with Gasteiger partial charge in [-0.15, -0.1) is 0 Å². The van der Waals surface area contributed by atoms with Gasteiger partial charge in [-0.1, -0.05) is 35.5 Å². The number of nitrogens with zero attached hydrogens (tertiary/aromatic N) is 5. The molecule has 7 heteroatoms. The van der Waals surface area contributed by atoms with Crippen LogP contribution in [0.2, 0.25) is 0 Å². The molecule has 0 N–H and O–H groups in total. The Balaban J connectivity index is 1.76. The lowest BCUT2D eigenvalue weighted by atomic mass is 10.2. The van der Waals surface area contributed by atoms with Gasteiger partial charge in [0, 0.05) is 18.7 Å². The van der Waals surface area contributed by atoms with Gasteiger partial charge in [-0.25, -0.2) is 9.78 Å². The SMILES string of the molecule is O=c1onc(-c2ccccc2)n1CCCn1cncn1. The van der Waals surface area contributed by atoms with Crippen molar-refractivity contribution in [2.75, 3.05) is 0 Å². The number of hydrogen-bond acceptors (Lipinski definition) is 5. The lowest BCUT2D eigenvalue weighted by molar-refractivity contribution is 0.373. The van der Waals surface area contributed by atoms with Crippen LogP contribution < -0.4 is 5.76 Å². The van der Waals surface area contributed by atoms with Crippen molar-refractivity contribution < 1.29 is 4.52 Å². The van der Waals surface area contributed by atoms with E-state index < -0.39 is 5.76 Å². The van der Waals surface area contributed by atoms with Crippen molar-refractivity contribution in [3.8, 4) is 11.4 Å². The van der Waals surface area contributed by atoms with E-state index in [9.17, 15) is 4.79 Å². The van der Waals surface area contributed by atoms with Crippen LogP contribution in [-0.2, 0) is 13.1 Å². The molecule has 0 bridgehead atoms. The predicted octanol–water partition coefficient (Wildman–Crippen LogP) is 1.19. The summed E-state index contributed by atoms with van der Waals surface area (Å²) in [5.74, 6) is 0.108. The predicted molar refractivity (Wildman–Crippen MR) is 70.8 cm³/mol.